The molecule has 0 fully saturated rings. The molecular weight excluding hydrogens is 222 g/mol. The molecule has 17 heavy (non-hydrogen) atoms. The average Bonchev–Trinajstić information content (AvgIpc) is 2.37. The van der Waals surface area contributed by atoms with E-state index in [0.29, 0.717) is 0 Å². The normalized spacial score (nSPS) is 8.59. The average molecular weight is 239 g/mol. The summed E-state index contributed by atoms with van der Waals surface area (Å²) in [5, 5.41) is 10.4. The molecule has 1 aromatic rings. The van der Waals surface area contributed by atoms with Crippen LogP contribution in [0.1, 0.15) is 19.4 Å². The van der Waals surface area contributed by atoms with Gasteiger partial charge in [-0.25, -0.2) is 4.79 Å². The summed E-state index contributed by atoms with van der Waals surface area (Å²) in [5.41, 5.74) is 0.850. The Morgan fingerprint density at radius 3 is 2.35 bits per heavy atom. The van der Waals surface area contributed by atoms with Crippen LogP contribution in [-0.4, -0.2) is 23.7 Å². The summed E-state index contributed by atoms with van der Waals surface area (Å²) >= 11 is 0. The van der Waals surface area contributed by atoms with Crippen molar-refractivity contribution in [2.45, 2.75) is 20.5 Å². The van der Waals surface area contributed by atoms with E-state index in [1.165, 1.54) is 0 Å². The number of hydrogen-bond acceptors (Lipinski definition) is 3. The summed E-state index contributed by atoms with van der Waals surface area (Å²) in [4.78, 5) is 21.0. The Bertz CT molecular complexity index is 338. The molecule has 1 aromatic carbocycles. The number of aliphatic carboxylic acids is 1. The second-order valence-corrected chi connectivity index (χ2v) is 2.81. The number of carbonyl (C=O) groups is 2. The largest absolute Gasteiger partial charge is 0.480 e. The van der Waals surface area contributed by atoms with Gasteiger partial charge in [0.1, 0.15) is 13.2 Å². The van der Waals surface area contributed by atoms with Crippen molar-refractivity contribution in [2.24, 2.45) is 0 Å². The van der Waals surface area contributed by atoms with E-state index in [1.807, 2.05) is 44.2 Å². The van der Waals surface area contributed by atoms with Crippen LogP contribution in [0.2, 0.25) is 0 Å². The van der Waals surface area contributed by atoms with Crippen molar-refractivity contribution >= 4 is 12.1 Å². The van der Waals surface area contributed by atoms with Crippen LogP contribution in [0.3, 0.4) is 0 Å². The first-order valence-electron chi connectivity index (χ1n) is 5.35. The highest BCUT2D eigenvalue weighted by atomic mass is 16.5. The van der Waals surface area contributed by atoms with Gasteiger partial charge in [-0.3, -0.25) is 4.79 Å². The molecule has 94 valence electrons. The third kappa shape index (κ3) is 7.84. The minimum atomic E-state index is -1.10. The summed E-state index contributed by atoms with van der Waals surface area (Å²) < 4.78 is 4.77. The minimum Gasteiger partial charge on any atom is -0.480 e. The van der Waals surface area contributed by atoms with Gasteiger partial charge in [-0.15, -0.1) is 0 Å². The number of carboxylic acid groups (broad SMARTS) is 1. The zero-order valence-corrected chi connectivity index (χ0v) is 9.97. The highest BCUT2D eigenvalue weighted by Gasteiger charge is 2.04. The first-order chi connectivity index (χ1) is 8.18. The molecule has 0 saturated carbocycles. The van der Waals surface area contributed by atoms with Gasteiger partial charge in [-0.1, -0.05) is 44.2 Å². The summed E-state index contributed by atoms with van der Waals surface area (Å²) in [6, 6.07) is 9.13. The third-order valence-corrected chi connectivity index (χ3v) is 1.60. The Balaban J connectivity index is 0.00000121. The molecule has 0 aliphatic carbocycles. The van der Waals surface area contributed by atoms with Gasteiger partial charge in [0.05, 0.1) is 0 Å². The van der Waals surface area contributed by atoms with Crippen LogP contribution in [0.25, 0.3) is 0 Å². The highest BCUT2D eigenvalue weighted by Crippen LogP contribution is 2.00. The van der Waals surface area contributed by atoms with Gasteiger partial charge < -0.3 is 15.2 Å². The lowest BCUT2D eigenvalue weighted by atomic mass is 10.2. The van der Waals surface area contributed by atoms with Crippen LogP contribution in [0.5, 0.6) is 0 Å². The Morgan fingerprint density at radius 2 is 1.82 bits per heavy atom. The van der Waals surface area contributed by atoms with Crippen LogP contribution >= 0.6 is 0 Å². The Hall–Kier alpha value is -2.04. The van der Waals surface area contributed by atoms with Gasteiger partial charge in [-0.2, -0.15) is 0 Å². The molecule has 1 amide bonds. The molecule has 0 saturated heterocycles. The van der Waals surface area contributed by atoms with Crippen LogP contribution in [-0.2, 0) is 16.1 Å². The molecule has 0 bridgehead atoms. The molecule has 1 rings (SSSR count). The second kappa shape index (κ2) is 9.21. The topological polar surface area (TPSA) is 75.6 Å². The lowest BCUT2D eigenvalue weighted by Gasteiger charge is -2.04. The molecule has 0 aliphatic rings. The lowest BCUT2D eigenvalue weighted by molar-refractivity contribution is -0.135. The molecule has 2 N–H and O–H groups in total. The van der Waals surface area contributed by atoms with Crippen molar-refractivity contribution in [3.63, 3.8) is 0 Å². The number of nitrogens with one attached hydrogen (secondary N) is 1. The van der Waals surface area contributed by atoms with Crippen LogP contribution in [0, 0.1) is 0 Å². The van der Waals surface area contributed by atoms with Gasteiger partial charge in [0.2, 0.25) is 0 Å². The molecule has 0 aromatic heterocycles. The summed E-state index contributed by atoms with van der Waals surface area (Å²) in [6.07, 6.45) is -0.735. The molecule has 5 heteroatoms. The minimum absolute atomic E-state index is 0.131. The lowest BCUT2D eigenvalue weighted by Crippen LogP contribution is -2.29. The van der Waals surface area contributed by atoms with Crippen LogP contribution in [0.15, 0.2) is 30.3 Å². The monoisotopic (exact) mass is 239 g/mol. The fraction of sp³-hybridized carbons (Fsp3) is 0.333. The van der Waals surface area contributed by atoms with E-state index in [1.54, 1.807) is 0 Å². The van der Waals surface area contributed by atoms with Gasteiger partial charge in [0.25, 0.3) is 0 Å². The predicted molar refractivity (Wildman–Crippen MR) is 63.6 cm³/mol. The zero-order chi connectivity index (χ0) is 13.1. The number of carboxylic acids is 1. The van der Waals surface area contributed by atoms with Gasteiger partial charge in [0, 0.05) is 0 Å². The van der Waals surface area contributed by atoms with Crippen molar-refractivity contribution in [3.8, 4) is 0 Å². The molecule has 0 aliphatic heterocycles. The predicted octanol–water partition coefficient (Wildman–Crippen LogP) is 2.02. The van der Waals surface area contributed by atoms with Crippen molar-refractivity contribution in [1.82, 2.24) is 5.32 Å². The number of alkyl carbamates (subject to hydrolysis) is 1. The first-order valence-corrected chi connectivity index (χ1v) is 5.35. The van der Waals surface area contributed by atoms with E-state index < -0.39 is 18.6 Å². The van der Waals surface area contributed by atoms with E-state index in [9.17, 15) is 9.59 Å². The Morgan fingerprint density at radius 1 is 1.24 bits per heavy atom. The molecule has 0 heterocycles. The van der Waals surface area contributed by atoms with Gasteiger partial charge in [0.15, 0.2) is 0 Å². The fourth-order valence-corrected chi connectivity index (χ4v) is 0.922. The van der Waals surface area contributed by atoms with Crippen molar-refractivity contribution in [1.29, 1.82) is 0 Å². The number of carbonyl (C=O) groups excluding carboxylic acids is 1. The zero-order valence-electron chi connectivity index (χ0n) is 9.97. The highest BCUT2D eigenvalue weighted by molar-refractivity contribution is 5.76. The summed E-state index contributed by atoms with van der Waals surface area (Å²) in [6.45, 7) is 3.69. The van der Waals surface area contributed by atoms with E-state index in [0.717, 1.165) is 5.56 Å². The summed E-state index contributed by atoms with van der Waals surface area (Å²) in [5.74, 6) is -1.10. The van der Waals surface area contributed by atoms with Crippen LogP contribution < -0.4 is 5.32 Å². The maximum atomic E-state index is 10.9. The van der Waals surface area contributed by atoms with E-state index in [4.69, 9.17) is 9.84 Å². The van der Waals surface area contributed by atoms with Crippen molar-refractivity contribution in [3.05, 3.63) is 35.9 Å². The number of hydrogen-bond donors (Lipinski definition) is 2. The van der Waals surface area contributed by atoms with E-state index >= 15 is 0 Å². The SMILES string of the molecule is CC.O=C(O)CNC(=O)OCc1ccccc1. The molecule has 0 radical (unpaired) electrons. The summed E-state index contributed by atoms with van der Waals surface area (Å²) in [7, 11) is 0. The van der Waals surface area contributed by atoms with Gasteiger partial charge in [-0.05, 0) is 5.56 Å². The smallest absolute Gasteiger partial charge is 0.407 e. The molecule has 0 spiro atoms. The maximum Gasteiger partial charge on any atom is 0.407 e. The number of ether oxygens (including phenoxy) is 1. The molecule has 0 unspecified atom stereocenters. The van der Waals surface area contributed by atoms with Gasteiger partial charge >= 0.3 is 12.1 Å². The fourth-order valence-electron chi connectivity index (χ4n) is 0.922. The number of amides is 1. The van der Waals surface area contributed by atoms with E-state index in [-0.39, 0.29) is 6.61 Å². The van der Waals surface area contributed by atoms with E-state index in [2.05, 4.69) is 5.32 Å². The Labute approximate surface area is 100 Å². The standard InChI is InChI=1S/C10H11NO4.C2H6/c12-9(13)6-11-10(14)15-7-8-4-2-1-3-5-8;1-2/h1-5H,6-7H2,(H,11,14)(H,12,13);1-2H3. The first kappa shape index (κ1) is 15.0. The third-order valence-electron chi connectivity index (χ3n) is 1.60. The van der Waals surface area contributed by atoms with Crippen molar-refractivity contribution in [2.75, 3.05) is 6.54 Å². The number of rotatable bonds is 4. The quantitative estimate of drug-likeness (QED) is 0.842. The second-order valence-electron chi connectivity index (χ2n) is 2.81. The molecule has 0 atom stereocenters. The molecular formula is C12H17NO4. The van der Waals surface area contributed by atoms with Crippen LogP contribution in [0.4, 0.5) is 4.79 Å². The Kier molecular flexibility index (Phi) is 8.10. The van der Waals surface area contributed by atoms with Crippen molar-refractivity contribution < 1.29 is 19.4 Å². The number of benzene rings is 1. The molecule has 5 nitrogen and oxygen atoms in total. The maximum absolute atomic E-state index is 10.9.